The van der Waals surface area contributed by atoms with Gasteiger partial charge in [-0.05, 0) is 42.8 Å². The van der Waals surface area contributed by atoms with Crippen LogP contribution < -0.4 is 14.2 Å². The van der Waals surface area contributed by atoms with Crippen molar-refractivity contribution in [3.63, 3.8) is 0 Å². The van der Waals surface area contributed by atoms with Gasteiger partial charge in [0.25, 0.3) is 0 Å². The van der Waals surface area contributed by atoms with Gasteiger partial charge >= 0.3 is 0 Å². The molecular formula is C17H12O4. The number of allylic oxidation sites excluding steroid dienone is 1. The standard InChI is InChI=1S/C17H12O4/c1-10-2-4-13-12(6-10)17(18)16(21-13)8-11-3-5-14-15(7-11)20-9-19-14/h2-8H,9H2,1H3/b16-8-. The van der Waals surface area contributed by atoms with Crippen LogP contribution in [0.3, 0.4) is 0 Å². The lowest BCUT2D eigenvalue weighted by Gasteiger charge is -2.00. The molecule has 4 rings (SSSR count). The van der Waals surface area contributed by atoms with Gasteiger partial charge in [-0.15, -0.1) is 0 Å². The van der Waals surface area contributed by atoms with Crippen molar-refractivity contribution in [1.29, 1.82) is 0 Å². The Labute approximate surface area is 121 Å². The van der Waals surface area contributed by atoms with E-state index in [1.807, 2.05) is 43.3 Å². The summed E-state index contributed by atoms with van der Waals surface area (Å²) in [5.74, 6) is 2.25. The molecule has 0 atom stereocenters. The highest BCUT2D eigenvalue weighted by molar-refractivity contribution is 6.14. The Bertz CT molecular complexity index is 789. The van der Waals surface area contributed by atoms with Gasteiger partial charge in [0.1, 0.15) is 5.75 Å². The SMILES string of the molecule is Cc1ccc2c(c1)C(=O)/C(=C/c1ccc3c(c1)OCO3)O2. The van der Waals surface area contributed by atoms with E-state index in [9.17, 15) is 4.79 Å². The van der Waals surface area contributed by atoms with E-state index in [0.717, 1.165) is 16.9 Å². The molecule has 0 aromatic heterocycles. The summed E-state index contributed by atoms with van der Waals surface area (Å²) >= 11 is 0. The molecule has 104 valence electrons. The Kier molecular flexibility index (Phi) is 2.51. The van der Waals surface area contributed by atoms with Crippen LogP contribution in [0.15, 0.2) is 42.2 Å². The Morgan fingerprint density at radius 3 is 2.71 bits per heavy atom. The highest BCUT2D eigenvalue weighted by Gasteiger charge is 2.27. The van der Waals surface area contributed by atoms with Crippen LogP contribution in [0.5, 0.6) is 17.2 Å². The normalized spacial score (nSPS) is 17.0. The van der Waals surface area contributed by atoms with Crippen LogP contribution in [0.1, 0.15) is 21.5 Å². The molecule has 4 heteroatoms. The van der Waals surface area contributed by atoms with E-state index in [0.29, 0.717) is 22.8 Å². The third-order valence-corrected chi connectivity index (χ3v) is 3.52. The number of fused-ring (bicyclic) bond motifs is 2. The molecule has 0 radical (unpaired) electrons. The molecule has 21 heavy (non-hydrogen) atoms. The lowest BCUT2D eigenvalue weighted by molar-refractivity contribution is 0.101. The second kappa shape index (κ2) is 4.38. The number of Topliss-reactive ketones (excluding diaryl/α,β-unsaturated/α-hetero) is 1. The zero-order chi connectivity index (χ0) is 14.4. The number of ketones is 1. The summed E-state index contributed by atoms with van der Waals surface area (Å²) in [6.07, 6.45) is 1.72. The van der Waals surface area contributed by atoms with Gasteiger partial charge in [0.2, 0.25) is 12.6 Å². The molecule has 0 amide bonds. The van der Waals surface area contributed by atoms with Crippen molar-refractivity contribution in [2.45, 2.75) is 6.92 Å². The fourth-order valence-corrected chi connectivity index (χ4v) is 2.46. The number of ether oxygens (including phenoxy) is 3. The fraction of sp³-hybridized carbons (Fsp3) is 0.118. The molecule has 4 nitrogen and oxygen atoms in total. The zero-order valence-corrected chi connectivity index (χ0v) is 11.4. The summed E-state index contributed by atoms with van der Waals surface area (Å²) in [4.78, 5) is 12.3. The van der Waals surface area contributed by atoms with Crippen LogP contribution in [0.4, 0.5) is 0 Å². The summed E-state index contributed by atoms with van der Waals surface area (Å²) < 4.78 is 16.2. The molecule has 2 aromatic carbocycles. The van der Waals surface area contributed by atoms with Gasteiger partial charge in [-0.25, -0.2) is 0 Å². The van der Waals surface area contributed by atoms with Gasteiger partial charge in [0.15, 0.2) is 17.3 Å². The highest BCUT2D eigenvalue weighted by atomic mass is 16.7. The van der Waals surface area contributed by atoms with Crippen molar-refractivity contribution in [1.82, 2.24) is 0 Å². The number of hydrogen-bond donors (Lipinski definition) is 0. The summed E-state index contributed by atoms with van der Waals surface area (Å²) in [6.45, 7) is 2.18. The van der Waals surface area contributed by atoms with E-state index in [1.54, 1.807) is 6.08 Å². The maximum absolute atomic E-state index is 12.3. The van der Waals surface area contributed by atoms with Crippen LogP contribution in [-0.4, -0.2) is 12.6 Å². The summed E-state index contributed by atoms with van der Waals surface area (Å²) in [5, 5.41) is 0. The minimum absolute atomic E-state index is 0.0913. The lowest BCUT2D eigenvalue weighted by Crippen LogP contribution is -1.98. The molecule has 0 N–H and O–H groups in total. The number of benzene rings is 2. The van der Waals surface area contributed by atoms with Gasteiger partial charge in [-0.3, -0.25) is 4.79 Å². The van der Waals surface area contributed by atoms with Gasteiger partial charge < -0.3 is 14.2 Å². The molecule has 0 aliphatic carbocycles. The van der Waals surface area contributed by atoms with E-state index >= 15 is 0 Å². The van der Waals surface area contributed by atoms with Crippen molar-refractivity contribution < 1.29 is 19.0 Å². The summed E-state index contributed by atoms with van der Waals surface area (Å²) in [7, 11) is 0. The highest BCUT2D eigenvalue weighted by Crippen LogP contribution is 2.35. The number of carbonyl (C=O) groups excluding carboxylic acids is 1. The minimum Gasteiger partial charge on any atom is -0.454 e. The largest absolute Gasteiger partial charge is 0.454 e. The summed E-state index contributed by atoms with van der Waals surface area (Å²) in [5.41, 5.74) is 2.49. The van der Waals surface area contributed by atoms with Crippen LogP contribution in [0.2, 0.25) is 0 Å². The van der Waals surface area contributed by atoms with E-state index in [1.165, 1.54) is 0 Å². The van der Waals surface area contributed by atoms with Crippen molar-refractivity contribution in [2.75, 3.05) is 6.79 Å². The van der Waals surface area contributed by atoms with Gasteiger partial charge in [-0.2, -0.15) is 0 Å². The number of aryl methyl sites for hydroxylation is 1. The molecule has 0 spiro atoms. The van der Waals surface area contributed by atoms with Crippen LogP contribution in [0.25, 0.3) is 6.08 Å². The lowest BCUT2D eigenvalue weighted by atomic mass is 10.1. The first kappa shape index (κ1) is 12.0. The van der Waals surface area contributed by atoms with Crippen LogP contribution in [0, 0.1) is 6.92 Å². The van der Waals surface area contributed by atoms with Crippen molar-refractivity contribution in [3.8, 4) is 17.2 Å². The Balaban J connectivity index is 1.70. The fourth-order valence-electron chi connectivity index (χ4n) is 2.46. The average molecular weight is 280 g/mol. The molecule has 2 aliphatic rings. The van der Waals surface area contributed by atoms with Crippen LogP contribution in [-0.2, 0) is 0 Å². The Morgan fingerprint density at radius 1 is 1.00 bits per heavy atom. The molecular weight excluding hydrogens is 268 g/mol. The van der Waals surface area contributed by atoms with Gasteiger partial charge in [-0.1, -0.05) is 17.7 Å². The molecule has 0 bridgehead atoms. The number of hydrogen-bond acceptors (Lipinski definition) is 4. The van der Waals surface area contributed by atoms with Gasteiger partial charge in [0.05, 0.1) is 5.56 Å². The first-order valence-corrected chi connectivity index (χ1v) is 6.65. The van der Waals surface area contributed by atoms with Crippen molar-refractivity contribution >= 4 is 11.9 Å². The third kappa shape index (κ3) is 1.96. The molecule has 0 saturated heterocycles. The maximum Gasteiger partial charge on any atom is 0.231 e. The predicted octanol–water partition coefficient (Wildman–Crippen LogP) is 3.34. The minimum atomic E-state index is -0.0913. The van der Waals surface area contributed by atoms with E-state index in [4.69, 9.17) is 14.2 Å². The quantitative estimate of drug-likeness (QED) is 0.751. The van der Waals surface area contributed by atoms with E-state index < -0.39 is 0 Å². The molecule has 2 aromatic rings. The molecule has 0 saturated carbocycles. The Morgan fingerprint density at radius 2 is 1.81 bits per heavy atom. The molecule has 0 fully saturated rings. The number of rotatable bonds is 1. The van der Waals surface area contributed by atoms with Crippen LogP contribution >= 0.6 is 0 Å². The van der Waals surface area contributed by atoms with Gasteiger partial charge in [0, 0.05) is 0 Å². The second-order valence-electron chi connectivity index (χ2n) is 5.05. The Hall–Kier alpha value is -2.75. The molecule has 2 heterocycles. The molecule has 2 aliphatic heterocycles. The summed E-state index contributed by atoms with van der Waals surface area (Å²) in [6, 6.07) is 11.1. The third-order valence-electron chi connectivity index (χ3n) is 3.52. The second-order valence-corrected chi connectivity index (χ2v) is 5.05. The monoisotopic (exact) mass is 280 g/mol. The zero-order valence-electron chi connectivity index (χ0n) is 11.4. The predicted molar refractivity (Wildman–Crippen MR) is 76.7 cm³/mol. The molecule has 0 unspecified atom stereocenters. The maximum atomic E-state index is 12.3. The van der Waals surface area contributed by atoms with Crippen molar-refractivity contribution in [2.24, 2.45) is 0 Å². The van der Waals surface area contributed by atoms with E-state index in [-0.39, 0.29) is 12.6 Å². The first-order chi connectivity index (χ1) is 10.2. The average Bonchev–Trinajstić information content (AvgIpc) is 3.05. The topological polar surface area (TPSA) is 44.8 Å². The van der Waals surface area contributed by atoms with E-state index in [2.05, 4.69) is 0 Å². The van der Waals surface area contributed by atoms with Crippen molar-refractivity contribution in [3.05, 3.63) is 58.8 Å². The smallest absolute Gasteiger partial charge is 0.231 e. The number of carbonyl (C=O) groups is 1. The first-order valence-electron chi connectivity index (χ1n) is 6.65.